The lowest BCUT2D eigenvalue weighted by Gasteiger charge is -2.38. The number of halogens is 1. The van der Waals surface area contributed by atoms with E-state index >= 15 is 0 Å². The molecule has 0 atom stereocenters. The number of carbonyl (C=O) groups is 2. The zero-order valence-corrected chi connectivity index (χ0v) is 14.2. The maximum atomic E-state index is 12.3. The van der Waals surface area contributed by atoms with Gasteiger partial charge in [0, 0.05) is 36.6 Å². The molecule has 2 fully saturated rings. The molecule has 1 aromatic carbocycles. The summed E-state index contributed by atoms with van der Waals surface area (Å²) in [5.74, 6) is 0.703. The van der Waals surface area contributed by atoms with Crippen molar-refractivity contribution in [2.24, 2.45) is 5.92 Å². The van der Waals surface area contributed by atoms with Gasteiger partial charge in [-0.05, 0) is 30.5 Å². The second-order valence-electron chi connectivity index (χ2n) is 6.14. The van der Waals surface area contributed by atoms with Crippen molar-refractivity contribution in [2.45, 2.75) is 25.7 Å². The van der Waals surface area contributed by atoms with Crippen molar-refractivity contribution >= 4 is 27.7 Å². The molecule has 1 aliphatic carbocycles. The average molecular weight is 365 g/mol. The Morgan fingerprint density at radius 2 is 1.59 bits per heavy atom. The Labute approximate surface area is 139 Å². The predicted molar refractivity (Wildman–Crippen MR) is 88.3 cm³/mol. The first kappa shape index (κ1) is 15.5. The number of hydrogen-bond acceptors (Lipinski definition) is 2. The van der Waals surface area contributed by atoms with E-state index in [1.807, 2.05) is 34.1 Å². The minimum Gasteiger partial charge on any atom is -0.339 e. The molecular formula is C17H21BrN2O2. The fraction of sp³-hybridized carbons (Fsp3) is 0.529. The van der Waals surface area contributed by atoms with Gasteiger partial charge in [0.05, 0.1) is 6.42 Å². The van der Waals surface area contributed by atoms with Crippen LogP contribution < -0.4 is 0 Å². The van der Waals surface area contributed by atoms with Gasteiger partial charge in [0.1, 0.15) is 0 Å². The summed E-state index contributed by atoms with van der Waals surface area (Å²) in [5.41, 5.74) is 1.03. The molecule has 0 spiro atoms. The zero-order chi connectivity index (χ0) is 15.5. The van der Waals surface area contributed by atoms with Gasteiger partial charge in [-0.1, -0.05) is 34.5 Å². The lowest BCUT2D eigenvalue weighted by atomic mass is 9.84. The molecule has 118 valence electrons. The first-order valence-electron chi connectivity index (χ1n) is 7.94. The first-order valence-corrected chi connectivity index (χ1v) is 8.74. The monoisotopic (exact) mass is 364 g/mol. The van der Waals surface area contributed by atoms with E-state index in [4.69, 9.17) is 0 Å². The Hall–Kier alpha value is -1.36. The van der Waals surface area contributed by atoms with E-state index in [9.17, 15) is 9.59 Å². The fourth-order valence-electron chi connectivity index (χ4n) is 2.98. The highest BCUT2D eigenvalue weighted by Crippen LogP contribution is 2.28. The summed E-state index contributed by atoms with van der Waals surface area (Å²) < 4.78 is 1.02. The predicted octanol–water partition coefficient (Wildman–Crippen LogP) is 2.46. The molecule has 22 heavy (non-hydrogen) atoms. The Bertz CT molecular complexity index is 546. The summed E-state index contributed by atoms with van der Waals surface area (Å²) in [6, 6.07) is 7.85. The van der Waals surface area contributed by atoms with Crippen LogP contribution in [0.25, 0.3) is 0 Å². The fourth-order valence-corrected chi connectivity index (χ4v) is 3.24. The normalized spacial score (nSPS) is 19.0. The Morgan fingerprint density at radius 1 is 1.00 bits per heavy atom. The van der Waals surface area contributed by atoms with E-state index in [1.54, 1.807) is 0 Å². The van der Waals surface area contributed by atoms with Crippen molar-refractivity contribution in [1.82, 2.24) is 9.80 Å². The summed E-state index contributed by atoms with van der Waals surface area (Å²) in [6.45, 7) is 2.68. The van der Waals surface area contributed by atoms with Crippen LogP contribution >= 0.6 is 15.9 Å². The van der Waals surface area contributed by atoms with Crippen LogP contribution in [0.1, 0.15) is 24.8 Å². The first-order chi connectivity index (χ1) is 10.6. The quantitative estimate of drug-likeness (QED) is 0.826. The van der Waals surface area contributed by atoms with Crippen LogP contribution in [0.4, 0.5) is 0 Å². The Kier molecular flexibility index (Phi) is 4.81. The number of nitrogens with zero attached hydrogens (tertiary/aromatic N) is 2. The molecular weight excluding hydrogens is 344 g/mol. The average Bonchev–Trinajstić information content (AvgIpc) is 2.48. The van der Waals surface area contributed by atoms with E-state index < -0.39 is 0 Å². The van der Waals surface area contributed by atoms with Gasteiger partial charge in [-0.15, -0.1) is 0 Å². The molecule has 0 radical (unpaired) electrons. The minimum absolute atomic E-state index is 0.151. The van der Waals surface area contributed by atoms with Crippen LogP contribution in [0.5, 0.6) is 0 Å². The maximum Gasteiger partial charge on any atom is 0.227 e. The molecule has 0 aromatic heterocycles. The van der Waals surface area contributed by atoms with Crippen LogP contribution in [-0.2, 0) is 16.0 Å². The molecule has 2 aliphatic rings. The molecule has 1 aliphatic heterocycles. The standard InChI is InChI=1S/C17H21BrN2O2/c18-15-6-4-13(5-7-15)12-16(21)19-8-10-20(11-9-19)17(22)14-2-1-3-14/h4-7,14H,1-3,8-12H2. The van der Waals surface area contributed by atoms with Crippen LogP contribution in [0.2, 0.25) is 0 Å². The van der Waals surface area contributed by atoms with E-state index in [0.29, 0.717) is 38.5 Å². The molecule has 4 nitrogen and oxygen atoms in total. The third kappa shape index (κ3) is 3.51. The van der Waals surface area contributed by atoms with Crippen LogP contribution in [0.15, 0.2) is 28.7 Å². The second kappa shape index (κ2) is 6.82. The summed E-state index contributed by atoms with van der Waals surface area (Å²) in [6.07, 6.45) is 3.70. The highest BCUT2D eigenvalue weighted by Gasteiger charge is 2.31. The molecule has 1 saturated carbocycles. The SMILES string of the molecule is O=C(Cc1ccc(Br)cc1)N1CCN(C(=O)C2CCC2)CC1. The highest BCUT2D eigenvalue weighted by atomic mass is 79.9. The highest BCUT2D eigenvalue weighted by molar-refractivity contribution is 9.10. The number of rotatable bonds is 3. The Morgan fingerprint density at radius 3 is 2.14 bits per heavy atom. The molecule has 3 rings (SSSR count). The number of carbonyl (C=O) groups excluding carboxylic acids is 2. The molecule has 2 amide bonds. The molecule has 1 heterocycles. The summed E-state index contributed by atoms with van der Waals surface area (Å²) in [5, 5.41) is 0. The van der Waals surface area contributed by atoms with E-state index in [0.717, 1.165) is 22.9 Å². The molecule has 0 bridgehead atoms. The third-order valence-corrected chi connectivity index (χ3v) is 5.20. The van der Waals surface area contributed by atoms with E-state index in [2.05, 4.69) is 15.9 Å². The topological polar surface area (TPSA) is 40.6 Å². The van der Waals surface area contributed by atoms with Gasteiger partial charge in [0.15, 0.2) is 0 Å². The van der Waals surface area contributed by atoms with Gasteiger partial charge in [-0.25, -0.2) is 0 Å². The van der Waals surface area contributed by atoms with Gasteiger partial charge >= 0.3 is 0 Å². The molecule has 1 aromatic rings. The third-order valence-electron chi connectivity index (χ3n) is 4.67. The van der Waals surface area contributed by atoms with Gasteiger partial charge in [-0.3, -0.25) is 9.59 Å². The van der Waals surface area contributed by atoms with E-state index in [-0.39, 0.29) is 11.8 Å². The van der Waals surface area contributed by atoms with E-state index in [1.165, 1.54) is 6.42 Å². The van der Waals surface area contributed by atoms with Gasteiger partial charge < -0.3 is 9.80 Å². The molecule has 0 unspecified atom stereocenters. The summed E-state index contributed by atoms with van der Waals surface area (Å²) in [7, 11) is 0. The van der Waals surface area contributed by atoms with Crippen molar-refractivity contribution in [1.29, 1.82) is 0 Å². The maximum absolute atomic E-state index is 12.3. The number of benzene rings is 1. The molecule has 0 N–H and O–H groups in total. The van der Waals surface area contributed by atoms with Crippen LogP contribution in [0, 0.1) is 5.92 Å². The number of piperazine rings is 1. The Balaban J connectivity index is 1.49. The smallest absolute Gasteiger partial charge is 0.227 e. The minimum atomic E-state index is 0.151. The number of amides is 2. The zero-order valence-electron chi connectivity index (χ0n) is 12.6. The lowest BCUT2D eigenvalue weighted by Crippen LogP contribution is -2.52. The van der Waals surface area contributed by atoms with Crippen molar-refractivity contribution in [3.8, 4) is 0 Å². The van der Waals surface area contributed by atoms with Crippen molar-refractivity contribution in [3.63, 3.8) is 0 Å². The second-order valence-corrected chi connectivity index (χ2v) is 7.05. The van der Waals surface area contributed by atoms with Crippen molar-refractivity contribution < 1.29 is 9.59 Å². The van der Waals surface area contributed by atoms with Crippen molar-refractivity contribution in [2.75, 3.05) is 26.2 Å². The van der Waals surface area contributed by atoms with Crippen molar-refractivity contribution in [3.05, 3.63) is 34.3 Å². The largest absolute Gasteiger partial charge is 0.339 e. The number of hydrogen-bond donors (Lipinski definition) is 0. The summed E-state index contributed by atoms with van der Waals surface area (Å²) in [4.78, 5) is 28.4. The molecule has 5 heteroatoms. The summed E-state index contributed by atoms with van der Waals surface area (Å²) >= 11 is 3.40. The van der Waals surface area contributed by atoms with Gasteiger partial charge in [-0.2, -0.15) is 0 Å². The molecule has 1 saturated heterocycles. The van der Waals surface area contributed by atoms with Crippen LogP contribution in [-0.4, -0.2) is 47.8 Å². The van der Waals surface area contributed by atoms with Gasteiger partial charge in [0.25, 0.3) is 0 Å². The van der Waals surface area contributed by atoms with Gasteiger partial charge in [0.2, 0.25) is 11.8 Å². The lowest BCUT2D eigenvalue weighted by molar-refractivity contribution is -0.143. The van der Waals surface area contributed by atoms with Crippen LogP contribution in [0.3, 0.4) is 0 Å².